The van der Waals surface area contributed by atoms with Crippen LogP contribution in [0.4, 0.5) is 0 Å². The van der Waals surface area contributed by atoms with Crippen LogP contribution in [0.5, 0.6) is 0 Å². The van der Waals surface area contributed by atoms with Crippen LogP contribution in [-0.4, -0.2) is 38.8 Å². The minimum atomic E-state index is -3.65. The summed E-state index contributed by atoms with van der Waals surface area (Å²) < 4.78 is 27.2. The van der Waals surface area contributed by atoms with E-state index in [1.807, 2.05) is 0 Å². The molecule has 0 N–H and O–H groups in total. The predicted octanol–water partition coefficient (Wildman–Crippen LogP) is 0.333. The first-order valence-electron chi connectivity index (χ1n) is 5.24. The van der Waals surface area contributed by atoms with Crippen molar-refractivity contribution in [2.45, 2.75) is 25.7 Å². The van der Waals surface area contributed by atoms with Gasteiger partial charge in [-0.3, -0.25) is 9.59 Å². The van der Waals surface area contributed by atoms with E-state index in [9.17, 15) is 18.0 Å². The van der Waals surface area contributed by atoms with Crippen molar-refractivity contribution >= 4 is 21.6 Å². The molecule has 92 valence electrons. The maximum atomic E-state index is 11.6. The number of ether oxygens (including phenoxy) is 1. The zero-order valence-electron chi connectivity index (χ0n) is 9.27. The standard InChI is InChI=1S/C10H16O5S/c1-15-10(12)7-16(13,14)6-9(11)8-4-2-3-5-8/h8H,2-7H2,1H3. The first-order valence-corrected chi connectivity index (χ1v) is 7.06. The summed E-state index contributed by atoms with van der Waals surface area (Å²) in [6.07, 6.45) is 3.50. The summed E-state index contributed by atoms with van der Waals surface area (Å²) in [4.78, 5) is 22.4. The average molecular weight is 248 g/mol. The molecule has 1 aliphatic carbocycles. The van der Waals surface area contributed by atoms with Crippen LogP contribution in [-0.2, 0) is 24.2 Å². The predicted molar refractivity (Wildman–Crippen MR) is 57.6 cm³/mol. The summed E-state index contributed by atoms with van der Waals surface area (Å²) in [6.45, 7) is 0. The molecule has 0 amide bonds. The molecular weight excluding hydrogens is 232 g/mol. The van der Waals surface area contributed by atoms with Crippen LogP contribution in [0.2, 0.25) is 0 Å². The molecular formula is C10H16O5S. The number of sulfone groups is 1. The topological polar surface area (TPSA) is 77.5 Å². The zero-order valence-corrected chi connectivity index (χ0v) is 10.1. The Morgan fingerprint density at radius 3 is 2.25 bits per heavy atom. The van der Waals surface area contributed by atoms with Gasteiger partial charge >= 0.3 is 5.97 Å². The number of ketones is 1. The summed E-state index contributed by atoms with van der Waals surface area (Å²) in [5.74, 6) is -2.46. The van der Waals surface area contributed by atoms with E-state index in [2.05, 4.69) is 4.74 Å². The molecule has 0 spiro atoms. The number of esters is 1. The van der Waals surface area contributed by atoms with Crippen LogP contribution in [0.15, 0.2) is 0 Å². The highest BCUT2D eigenvalue weighted by Crippen LogP contribution is 2.25. The van der Waals surface area contributed by atoms with E-state index in [1.54, 1.807) is 0 Å². The lowest BCUT2D eigenvalue weighted by molar-refractivity contribution is -0.137. The zero-order chi connectivity index (χ0) is 12.2. The Morgan fingerprint density at radius 1 is 1.19 bits per heavy atom. The molecule has 16 heavy (non-hydrogen) atoms. The van der Waals surface area contributed by atoms with Crippen molar-refractivity contribution in [3.63, 3.8) is 0 Å². The number of carbonyl (C=O) groups excluding carboxylic acids is 2. The van der Waals surface area contributed by atoms with Crippen molar-refractivity contribution in [2.24, 2.45) is 5.92 Å². The second kappa shape index (κ2) is 5.43. The van der Waals surface area contributed by atoms with Crippen LogP contribution in [0, 0.1) is 5.92 Å². The van der Waals surface area contributed by atoms with Crippen molar-refractivity contribution in [1.29, 1.82) is 0 Å². The summed E-state index contributed by atoms with van der Waals surface area (Å²) >= 11 is 0. The molecule has 0 aromatic carbocycles. The molecule has 0 bridgehead atoms. The molecule has 0 atom stereocenters. The van der Waals surface area contributed by atoms with Crippen LogP contribution in [0.25, 0.3) is 0 Å². The molecule has 0 aromatic heterocycles. The van der Waals surface area contributed by atoms with E-state index in [4.69, 9.17) is 0 Å². The highest BCUT2D eigenvalue weighted by molar-refractivity contribution is 7.92. The molecule has 1 aliphatic rings. The largest absolute Gasteiger partial charge is 0.468 e. The van der Waals surface area contributed by atoms with Gasteiger partial charge in [0.15, 0.2) is 15.6 Å². The minimum Gasteiger partial charge on any atom is -0.468 e. The fraction of sp³-hybridized carbons (Fsp3) is 0.800. The number of carbonyl (C=O) groups is 2. The molecule has 0 radical (unpaired) electrons. The second-order valence-electron chi connectivity index (χ2n) is 4.06. The van der Waals surface area contributed by atoms with E-state index < -0.39 is 27.3 Å². The van der Waals surface area contributed by atoms with Gasteiger partial charge in [-0.1, -0.05) is 12.8 Å². The monoisotopic (exact) mass is 248 g/mol. The number of rotatable bonds is 5. The fourth-order valence-electron chi connectivity index (χ4n) is 1.87. The minimum absolute atomic E-state index is 0.132. The Labute approximate surface area is 95.1 Å². The molecule has 0 saturated heterocycles. The van der Waals surface area contributed by atoms with Crippen molar-refractivity contribution in [2.75, 3.05) is 18.6 Å². The Kier molecular flexibility index (Phi) is 4.46. The maximum absolute atomic E-state index is 11.6. The molecule has 6 heteroatoms. The highest BCUT2D eigenvalue weighted by atomic mass is 32.2. The lowest BCUT2D eigenvalue weighted by Crippen LogP contribution is -2.27. The van der Waals surface area contributed by atoms with Gasteiger partial charge in [-0.2, -0.15) is 0 Å². The van der Waals surface area contributed by atoms with Gasteiger partial charge < -0.3 is 4.74 Å². The van der Waals surface area contributed by atoms with Crippen molar-refractivity contribution in [3.05, 3.63) is 0 Å². The van der Waals surface area contributed by atoms with E-state index >= 15 is 0 Å². The molecule has 1 fully saturated rings. The third kappa shape index (κ3) is 3.92. The van der Waals surface area contributed by atoms with Gasteiger partial charge in [0.25, 0.3) is 0 Å². The van der Waals surface area contributed by atoms with E-state index in [1.165, 1.54) is 0 Å². The molecule has 0 heterocycles. The molecule has 1 saturated carbocycles. The Bertz CT molecular complexity index is 365. The van der Waals surface area contributed by atoms with Crippen LogP contribution < -0.4 is 0 Å². The third-order valence-corrected chi connectivity index (χ3v) is 4.14. The van der Waals surface area contributed by atoms with Gasteiger partial charge in [0.2, 0.25) is 0 Å². The van der Waals surface area contributed by atoms with Crippen molar-refractivity contribution in [3.8, 4) is 0 Å². The van der Waals surface area contributed by atoms with Crippen molar-refractivity contribution in [1.82, 2.24) is 0 Å². The van der Waals surface area contributed by atoms with Gasteiger partial charge in [0.05, 0.1) is 7.11 Å². The maximum Gasteiger partial charge on any atom is 0.320 e. The summed E-state index contributed by atoms with van der Waals surface area (Å²) in [6, 6.07) is 0. The van der Waals surface area contributed by atoms with Gasteiger partial charge in [0, 0.05) is 5.92 Å². The van der Waals surface area contributed by atoms with E-state index in [-0.39, 0.29) is 11.7 Å². The SMILES string of the molecule is COC(=O)CS(=O)(=O)CC(=O)C1CCCC1. The Hall–Kier alpha value is -0.910. The quantitative estimate of drug-likeness (QED) is 0.655. The summed E-state index contributed by atoms with van der Waals surface area (Å²) in [7, 11) is -2.53. The summed E-state index contributed by atoms with van der Waals surface area (Å²) in [5.41, 5.74) is 0. The number of hydrogen-bond donors (Lipinski definition) is 0. The third-order valence-electron chi connectivity index (χ3n) is 2.74. The molecule has 0 aromatic rings. The lowest BCUT2D eigenvalue weighted by atomic mass is 10.0. The van der Waals surface area contributed by atoms with Crippen LogP contribution in [0.1, 0.15) is 25.7 Å². The Balaban J connectivity index is 2.51. The van der Waals surface area contributed by atoms with Crippen LogP contribution >= 0.6 is 0 Å². The second-order valence-corrected chi connectivity index (χ2v) is 6.12. The summed E-state index contributed by atoms with van der Waals surface area (Å²) in [5, 5.41) is 0. The highest BCUT2D eigenvalue weighted by Gasteiger charge is 2.28. The first-order chi connectivity index (χ1) is 7.44. The fourth-order valence-corrected chi connectivity index (χ4v) is 3.12. The number of Topliss-reactive ketones (excluding diaryl/α,β-unsaturated/α-hetero) is 1. The molecule has 0 unspecified atom stereocenters. The number of hydrogen-bond acceptors (Lipinski definition) is 5. The van der Waals surface area contributed by atoms with Gasteiger partial charge in [-0.15, -0.1) is 0 Å². The van der Waals surface area contributed by atoms with Crippen LogP contribution in [0.3, 0.4) is 0 Å². The smallest absolute Gasteiger partial charge is 0.320 e. The molecule has 5 nitrogen and oxygen atoms in total. The first kappa shape index (κ1) is 13.2. The lowest BCUT2D eigenvalue weighted by Gasteiger charge is -2.07. The molecule has 1 rings (SSSR count). The van der Waals surface area contributed by atoms with E-state index in [0.29, 0.717) is 0 Å². The Morgan fingerprint density at radius 2 is 1.75 bits per heavy atom. The normalized spacial score (nSPS) is 17.3. The van der Waals surface area contributed by atoms with Gasteiger partial charge in [0.1, 0.15) is 11.5 Å². The number of methoxy groups -OCH3 is 1. The van der Waals surface area contributed by atoms with Gasteiger partial charge in [-0.05, 0) is 12.8 Å². The van der Waals surface area contributed by atoms with Gasteiger partial charge in [-0.25, -0.2) is 8.42 Å². The average Bonchev–Trinajstić information content (AvgIpc) is 2.68. The van der Waals surface area contributed by atoms with Crippen molar-refractivity contribution < 1.29 is 22.7 Å². The molecule has 0 aliphatic heterocycles. The van der Waals surface area contributed by atoms with E-state index in [0.717, 1.165) is 32.8 Å².